The summed E-state index contributed by atoms with van der Waals surface area (Å²) in [6, 6.07) is 29.5. The van der Waals surface area contributed by atoms with Gasteiger partial charge in [0, 0.05) is 25.6 Å². The lowest BCUT2D eigenvalue weighted by Crippen LogP contribution is -2.66. The molecule has 0 spiro atoms. The van der Waals surface area contributed by atoms with Crippen molar-refractivity contribution in [3.63, 3.8) is 0 Å². The van der Waals surface area contributed by atoms with E-state index < -0.39 is 36.0 Å². The molecular weight excluding hydrogens is 516 g/mol. The minimum atomic E-state index is -1.21. The third kappa shape index (κ3) is 6.83. The van der Waals surface area contributed by atoms with Gasteiger partial charge < -0.3 is 28.4 Å². The molecule has 1 saturated carbocycles. The zero-order chi connectivity index (χ0) is 27.1. The maximum absolute atomic E-state index is 12.5. The Hall–Kier alpha value is -3.30. The first-order valence-electron chi connectivity index (χ1n) is 13.0. The molecule has 2 aliphatic rings. The molecule has 1 aliphatic carbocycles. The van der Waals surface area contributed by atoms with Gasteiger partial charge in [-0.1, -0.05) is 91.0 Å². The predicted octanol–water partition coefficient (Wildman–Crippen LogP) is 5.15. The Morgan fingerprint density at radius 3 is 1.92 bits per heavy atom. The van der Waals surface area contributed by atoms with Gasteiger partial charge >= 0.3 is 11.2 Å². The average molecular weight is 549 g/mol. The third-order valence-electron chi connectivity index (χ3n) is 6.90. The maximum Gasteiger partial charge on any atom is 0.353 e. The lowest BCUT2D eigenvalue weighted by molar-refractivity contribution is -0.255. The van der Waals surface area contributed by atoms with E-state index in [9.17, 15) is 4.79 Å². The van der Waals surface area contributed by atoms with Crippen molar-refractivity contribution in [1.29, 1.82) is 0 Å². The number of rotatable bonds is 11. The van der Waals surface area contributed by atoms with Crippen LogP contribution in [0.4, 0.5) is 0 Å². The molecule has 1 heterocycles. The lowest BCUT2D eigenvalue weighted by Gasteiger charge is -2.48. The van der Waals surface area contributed by atoms with Crippen molar-refractivity contribution in [3.8, 4) is 0 Å². The number of hydrogen-bond acceptors (Lipinski definition) is 8. The van der Waals surface area contributed by atoms with Crippen molar-refractivity contribution in [1.82, 2.24) is 0 Å². The number of carbonyl (C=O) groups is 1. The summed E-state index contributed by atoms with van der Waals surface area (Å²) in [6.07, 6.45) is -2.13. The molecule has 2 fully saturated rings. The Morgan fingerprint density at radius 2 is 1.36 bits per heavy atom. The fraction of sp³-hybridized carbons (Fsp3) is 0.355. The van der Waals surface area contributed by atoms with E-state index in [2.05, 4.69) is 0 Å². The molecule has 0 unspecified atom stereocenters. The molecule has 204 valence electrons. The summed E-state index contributed by atoms with van der Waals surface area (Å²) in [5, 5.41) is 0.0453. The number of esters is 1. The molecule has 0 aromatic heterocycles. The van der Waals surface area contributed by atoms with Gasteiger partial charge in [-0.3, -0.25) is 4.79 Å². The molecule has 1 saturated heterocycles. The van der Waals surface area contributed by atoms with Crippen LogP contribution in [0.1, 0.15) is 30.0 Å². The molecular formula is C31H32O7S. The molecule has 3 aromatic rings. The molecule has 39 heavy (non-hydrogen) atoms. The summed E-state index contributed by atoms with van der Waals surface area (Å²) in [4.78, 5) is 12.5. The maximum atomic E-state index is 12.5. The molecule has 7 nitrogen and oxygen atoms in total. The zero-order valence-electron chi connectivity index (χ0n) is 21.8. The molecule has 3 aromatic carbocycles. The van der Waals surface area contributed by atoms with Gasteiger partial charge in [0.25, 0.3) is 0 Å². The SMILES string of the molecule is CC(=O)O[C@]1(COCc2ccccc2)C[C@H]2OC(=S)O[C@H]2[C@@H](OCc2ccccc2)[C@@H]1OCc1ccccc1. The second-order valence-corrected chi connectivity index (χ2v) is 10.1. The second-order valence-electron chi connectivity index (χ2n) is 9.81. The standard InChI is InChI=1S/C31H32O7S/c1-22(32)38-31(21-33-18-23-11-5-2-6-12-23)17-26-27(37-30(39)36-26)28(34-19-24-13-7-3-8-14-24)29(31)35-20-25-15-9-4-10-16-25/h2-16,26-29H,17-21H2,1H3/t26-,27-,28-,29+,31+/m1/s1. The van der Waals surface area contributed by atoms with E-state index in [0.717, 1.165) is 16.7 Å². The molecule has 0 N–H and O–H groups in total. The summed E-state index contributed by atoms with van der Waals surface area (Å²) in [6.45, 7) is 2.38. The second kappa shape index (κ2) is 12.7. The summed E-state index contributed by atoms with van der Waals surface area (Å²) in [5.41, 5.74) is 1.76. The van der Waals surface area contributed by atoms with Gasteiger partial charge in [-0.2, -0.15) is 0 Å². The van der Waals surface area contributed by atoms with Crippen molar-refractivity contribution in [2.24, 2.45) is 0 Å². The van der Waals surface area contributed by atoms with Crippen molar-refractivity contribution in [2.45, 2.75) is 63.2 Å². The van der Waals surface area contributed by atoms with Crippen LogP contribution >= 0.6 is 12.2 Å². The van der Waals surface area contributed by atoms with Crippen LogP contribution in [0.5, 0.6) is 0 Å². The monoisotopic (exact) mass is 548 g/mol. The minimum Gasteiger partial charge on any atom is -0.454 e. The summed E-state index contributed by atoms with van der Waals surface area (Å²) in [5.74, 6) is -0.451. The van der Waals surface area contributed by atoms with Crippen LogP contribution in [-0.4, -0.2) is 47.8 Å². The van der Waals surface area contributed by atoms with Crippen LogP contribution in [0, 0.1) is 0 Å². The van der Waals surface area contributed by atoms with E-state index in [-0.39, 0.29) is 24.9 Å². The van der Waals surface area contributed by atoms with E-state index in [1.54, 1.807) is 0 Å². The number of carbonyl (C=O) groups excluding carboxylic acids is 1. The van der Waals surface area contributed by atoms with Crippen LogP contribution in [-0.2, 0) is 53.0 Å². The quantitative estimate of drug-likeness (QED) is 0.241. The Kier molecular flexibility index (Phi) is 8.88. The molecule has 1 aliphatic heterocycles. The number of benzene rings is 3. The predicted molar refractivity (Wildman–Crippen MR) is 148 cm³/mol. The van der Waals surface area contributed by atoms with Gasteiger partial charge in [0.1, 0.15) is 18.3 Å². The zero-order valence-corrected chi connectivity index (χ0v) is 22.6. The molecule has 0 bridgehead atoms. The van der Waals surface area contributed by atoms with Gasteiger partial charge in [0.05, 0.1) is 26.4 Å². The number of hydrogen-bond donors (Lipinski definition) is 0. The summed E-state index contributed by atoms with van der Waals surface area (Å²) >= 11 is 5.28. The molecule has 0 amide bonds. The van der Waals surface area contributed by atoms with Crippen LogP contribution in [0.15, 0.2) is 91.0 Å². The fourth-order valence-corrected chi connectivity index (χ4v) is 5.43. The van der Waals surface area contributed by atoms with Gasteiger partial charge in [-0.05, 0) is 16.7 Å². The van der Waals surface area contributed by atoms with Crippen LogP contribution in [0.25, 0.3) is 0 Å². The number of thiocarbonyl (C=S) groups is 1. The van der Waals surface area contributed by atoms with Gasteiger partial charge in [-0.15, -0.1) is 0 Å². The smallest absolute Gasteiger partial charge is 0.353 e. The van der Waals surface area contributed by atoms with E-state index in [4.69, 9.17) is 40.6 Å². The summed E-state index contributed by atoms with van der Waals surface area (Å²) in [7, 11) is 0. The van der Waals surface area contributed by atoms with Crippen LogP contribution < -0.4 is 0 Å². The molecule has 8 heteroatoms. The van der Waals surface area contributed by atoms with Crippen molar-refractivity contribution >= 4 is 23.4 Å². The van der Waals surface area contributed by atoms with Gasteiger partial charge in [0.15, 0.2) is 11.7 Å². The highest BCUT2D eigenvalue weighted by Gasteiger charge is 2.61. The molecule has 5 rings (SSSR count). The fourth-order valence-electron chi connectivity index (χ4n) is 5.20. The van der Waals surface area contributed by atoms with Crippen molar-refractivity contribution in [2.75, 3.05) is 6.61 Å². The largest absolute Gasteiger partial charge is 0.454 e. The molecule has 0 radical (unpaired) electrons. The number of ether oxygens (including phenoxy) is 6. The van der Waals surface area contributed by atoms with E-state index >= 15 is 0 Å². The highest BCUT2D eigenvalue weighted by molar-refractivity contribution is 7.79. The Morgan fingerprint density at radius 1 is 0.821 bits per heavy atom. The van der Waals surface area contributed by atoms with Crippen LogP contribution in [0.3, 0.4) is 0 Å². The Balaban J connectivity index is 1.46. The Bertz CT molecular complexity index is 1220. The first-order valence-corrected chi connectivity index (χ1v) is 13.4. The number of fused-ring (bicyclic) bond motifs is 1. The van der Waals surface area contributed by atoms with Crippen molar-refractivity contribution in [3.05, 3.63) is 108 Å². The lowest BCUT2D eigenvalue weighted by atomic mass is 9.76. The normalized spacial score (nSPS) is 25.8. The molecule has 5 atom stereocenters. The topological polar surface area (TPSA) is 72.5 Å². The van der Waals surface area contributed by atoms with E-state index in [1.807, 2.05) is 91.0 Å². The van der Waals surface area contributed by atoms with Crippen molar-refractivity contribution < 1.29 is 33.2 Å². The van der Waals surface area contributed by atoms with Gasteiger partial charge in [0.2, 0.25) is 0 Å². The first-order chi connectivity index (χ1) is 19.0. The summed E-state index contributed by atoms with van der Waals surface area (Å²) < 4.78 is 37.2. The highest BCUT2D eigenvalue weighted by atomic mass is 32.1. The highest BCUT2D eigenvalue weighted by Crippen LogP contribution is 2.42. The third-order valence-corrected chi connectivity index (χ3v) is 7.09. The Labute approximate surface area is 233 Å². The first kappa shape index (κ1) is 27.3. The van der Waals surface area contributed by atoms with E-state index in [0.29, 0.717) is 13.2 Å². The van der Waals surface area contributed by atoms with Gasteiger partial charge in [-0.25, -0.2) is 0 Å². The van der Waals surface area contributed by atoms with Crippen LogP contribution in [0.2, 0.25) is 0 Å². The average Bonchev–Trinajstić information content (AvgIpc) is 3.31. The minimum absolute atomic E-state index is 0.0453. The van der Waals surface area contributed by atoms with E-state index in [1.165, 1.54) is 6.92 Å².